The molecule has 0 spiro atoms. The van der Waals surface area contributed by atoms with Crippen LogP contribution in [0.1, 0.15) is 106 Å². The van der Waals surface area contributed by atoms with Gasteiger partial charge in [-0.05, 0) is 12.1 Å². The molecular weight excluding hydrogens is 342 g/mol. The van der Waals surface area contributed by atoms with E-state index in [0.717, 1.165) is 11.4 Å². The van der Waals surface area contributed by atoms with Gasteiger partial charge in [0.25, 0.3) is 0 Å². The smallest absolute Gasteiger partial charge is 0.0643 e. The van der Waals surface area contributed by atoms with Crippen LogP contribution in [-0.4, -0.2) is 15.0 Å². The van der Waals surface area contributed by atoms with Gasteiger partial charge in [-0.1, -0.05) is 89.2 Å². The van der Waals surface area contributed by atoms with Gasteiger partial charge in [-0.15, -0.1) is 0 Å². The molecule has 0 saturated carbocycles. The minimum absolute atomic E-state index is 0.0776. The Hall–Kier alpha value is -1.77. The normalized spacial score (nSPS) is 13.0. The molecule has 3 heteroatoms. The number of nitrogens with zero attached hydrogens (tertiary/aromatic N) is 3. The van der Waals surface area contributed by atoms with Gasteiger partial charge in [0, 0.05) is 45.4 Å². The Kier molecular flexibility index (Phi) is 7.20. The van der Waals surface area contributed by atoms with E-state index in [4.69, 9.17) is 4.98 Å². The molecule has 2 heterocycles. The van der Waals surface area contributed by atoms with E-state index >= 15 is 0 Å². The summed E-state index contributed by atoms with van der Waals surface area (Å²) in [6, 6.07) is 6.32. The van der Waals surface area contributed by atoms with Crippen molar-refractivity contribution >= 4 is 0 Å². The Morgan fingerprint density at radius 3 is 1.04 bits per heavy atom. The van der Waals surface area contributed by atoms with Gasteiger partial charge >= 0.3 is 0 Å². The van der Waals surface area contributed by atoms with E-state index in [2.05, 4.69) is 111 Å². The molecule has 0 bridgehead atoms. The first-order valence-electron chi connectivity index (χ1n) is 10.2. The highest BCUT2D eigenvalue weighted by molar-refractivity contribution is 5.21. The standard InChI is InChI=1S/C13H21N.C12H20N2/c1-12(2,3)10-8-7-9-11(14-10)13(4,5)6;1-11(2,3)9-7-13-8-10(14-9)12(4,5)6/h7-9H,1-6H3;7-8H,1-6H3. The van der Waals surface area contributed by atoms with Crippen LogP contribution in [0.3, 0.4) is 0 Å². The molecule has 0 aliphatic rings. The fraction of sp³-hybridized carbons (Fsp3) is 0.640. The molecule has 0 aliphatic carbocycles. The van der Waals surface area contributed by atoms with E-state index in [1.54, 1.807) is 0 Å². The van der Waals surface area contributed by atoms with Gasteiger partial charge in [0.1, 0.15) is 0 Å². The van der Waals surface area contributed by atoms with Crippen LogP contribution in [0, 0.1) is 0 Å². The highest BCUT2D eigenvalue weighted by Crippen LogP contribution is 2.25. The SMILES string of the molecule is CC(C)(C)c1cccc(C(C)(C)C)n1.CC(C)(C)c1cncc(C(C)(C)C)n1. The summed E-state index contributed by atoms with van der Waals surface area (Å²) in [5.41, 5.74) is 4.90. The maximum absolute atomic E-state index is 4.72. The molecular formula is C25H41N3. The van der Waals surface area contributed by atoms with E-state index in [1.807, 2.05) is 12.4 Å². The number of rotatable bonds is 0. The quantitative estimate of drug-likeness (QED) is 0.505. The molecule has 28 heavy (non-hydrogen) atoms. The van der Waals surface area contributed by atoms with Crippen molar-refractivity contribution in [2.45, 2.75) is 105 Å². The maximum atomic E-state index is 4.72. The lowest BCUT2D eigenvalue weighted by Crippen LogP contribution is -2.20. The van der Waals surface area contributed by atoms with E-state index in [9.17, 15) is 0 Å². The number of pyridine rings is 1. The molecule has 0 N–H and O–H groups in total. The third-order valence-corrected chi connectivity index (χ3v) is 4.46. The van der Waals surface area contributed by atoms with E-state index in [1.165, 1.54) is 11.4 Å². The largest absolute Gasteiger partial charge is 0.261 e. The van der Waals surface area contributed by atoms with E-state index < -0.39 is 0 Å². The minimum atomic E-state index is 0.0776. The van der Waals surface area contributed by atoms with E-state index in [-0.39, 0.29) is 21.7 Å². The topological polar surface area (TPSA) is 38.7 Å². The second-order valence-electron chi connectivity index (χ2n) is 11.7. The van der Waals surface area contributed by atoms with Crippen molar-refractivity contribution in [3.8, 4) is 0 Å². The predicted octanol–water partition coefficient (Wildman–Crippen LogP) is 6.75. The summed E-state index contributed by atoms with van der Waals surface area (Å²) in [5, 5.41) is 0. The molecule has 0 atom stereocenters. The number of hydrogen-bond acceptors (Lipinski definition) is 3. The Morgan fingerprint density at radius 2 is 0.750 bits per heavy atom. The van der Waals surface area contributed by atoms with Crippen molar-refractivity contribution < 1.29 is 0 Å². The summed E-state index contributed by atoms with van der Waals surface area (Å²) in [7, 11) is 0. The minimum Gasteiger partial charge on any atom is -0.261 e. The fourth-order valence-electron chi connectivity index (χ4n) is 2.36. The van der Waals surface area contributed by atoms with Crippen molar-refractivity contribution in [2.24, 2.45) is 0 Å². The van der Waals surface area contributed by atoms with Crippen LogP contribution in [0.5, 0.6) is 0 Å². The number of aromatic nitrogens is 3. The molecule has 0 unspecified atom stereocenters. The van der Waals surface area contributed by atoms with Gasteiger partial charge in [-0.25, -0.2) is 0 Å². The lowest BCUT2D eigenvalue weighted by molar-refractivity contribution is 0.525. The lowest BCUT2D eigenvalue weighted by Gasteiger charge is -2.23. The first-order chi connectivity index (χ1) is 12.4. The van der Waals surface area contributed by atoms with Gasteiger partial charge in [-0.2, -0.15) is 0 Å². The summed E-state index contributed by atoms with van der Waals surface area (Å²) in [5.74, 6) is 0. The second-order valence-corrected chi connectivity index (χ2v) is 11.7. The fourth-order valence-corrected chi connectivity index (χ4v) is 2.36. The highest BCUT2D eigenvalue weighted by atomic mass is 14.8. The molecule has 156 valence electrons. The summed E-state index contributed by atoms with van der Waals surface area (Å²) in [6.07, 6.45) is 3.71. The van der Waals surface area contributed by atoms with Crippen molar-refractivity contribution in [3.05, 3.63) is 53.4 Å². The maximum Gasteiger partial charge on any atom is 0.0643 e. The Morgan fingerprint density at radius 1 is 0.464 bits per heavy atom. The van der Waals surface area contributed by atoms with Crippen molar-refractivity contribution in [1.82, 2.24) is 15.0 Å². The third kappa shape index (κ3) is 7.33. The summed E-state index contributed by atoms with van der Waals surface area (Å²) >= 11 is 0. The molecule has 0 radical (unpaired) electrons. The molecule has 2 aromatic rings. The average molecular weight is 384 g/mol. The van der Waals surface area contributed by atoms with Crippen LogP contribution in [0.15, 0.2) is 30.6 Å². The lowest BCUT2D eigenvalue weighted by atomic mass is 9.88. The van der Waals surface area contributed by atoms with Crippen molar-refractivity contribution in [3.63, 3.8) is 0 Å². The molecule has 0 aliphatic heterocycles. The van der Waals surface area contributed by atoms with Gasteiger partial charge in [0.2, 0.25) is 0 Å². The van der Waals surface area contributed by atoms with Crippen LogP contribution in [0.4, 0.5) is 0 Å². The Bertz CT molecular complexity index is 638. The highest BCUT2D eigenvalue weighted by Gasteiger charge is 2.21. The van der Waals surface area contributed by atoms with Gasteiger partial charge in [0.05, 0.1) is 11.4 Å². The van der Waals surface area contributed by atoms with Crippen LogP contribution in [-0.2, 0) is 21.7 Å². The first kappa shape index (κ1) is 24.3. The Balaban J connectivity index is 0.000000280. The Labute approximate surface area is 173 Å². The molecule has 2 rings (SSSR count). The molecule has 0 saturated heterocycles. The number of hydrogen-bond donors (Lipinski definition) is 0. The zero-order valence-corrected chi connectivity index (χ0v) is 20.2. The molecule has 0 aromatic carbocycles. The summed E-state index contributed by atoms with van der Waals surface area (Å²) in [6.45, 7) is 26.1. The van der Waals surface area contributed by atoms with Crippen LogP contribution in [0.25, 0.3) is 0 Å². The zero-order valence-electron chi connectivity index (χ0n) is 20.2. The van der Waals surface area contributed by atoms with Crippen LogP contribution < -0.4 is 0 Å². The van der Waals surface area contributed by atoms with Crippen LogP contribution >= 0.6 is 0 Å². The summed E-state index contributed by atoms with van der Waals surface area (Å²) in [4.78, 5) is 13.6. The van der Waals surface area contributed by atoms with Gasteiger partial charge in [-0.3, -0.25) is 15.0 Å². The van der Waals surface area contributed by atoms with Crippen LogP contribution in [0.2, 0.25) is 0 Å². The first-order valence-corrected chi connectivity index (χ1v) is 10.2. The monoisotopic (exact) mass is 383 g/mol. The predicted molar refractivity (Wildman–Crippen MR) is 121 cm³/mol. The second kappa shape index (κ2) is 8.31. The summed E-state index contributed by atoms with van der Waals surface area (Å²) < 4.78 is 0. The third-order valence-electron chi connectivity index (χ3n) is 4.46. The zero-order chi connectivity index (χ0) is 22.0. The average Bonchev–Trinajstić information content (AvgIpc) is 2.52. The molecule has 0 fully saturated rings. The molecule has 2 aromatic heterocycles. The van der Waals surface area contributed by atoms with Crippen molar-refractivity contribution in [1.29, 1.82) is 0 Å². The van der Waals surface area contributed by atoms with Gasteiger partial charge < -0.3 is 0 Å². The molecule has 3 nitrogen and oxygen atoms in total. The van der Waals surface area contributed by atoms with Crippen molar-refractivity contribution in [2.75, 3.05) is 0 Å². The van der Waals surface area contributed by atoms with E-state index in [0.29, 0.717) is 0 Å². The molecule has 0 amide bonds. The van der Waals surface area contributed by atoms with Gasteiger partial charge in [0.15, 0.2) is 0 Å².